The fraction of sp³-hybridized carbons (Fsp3) is 0.455. The molecule has 0 unspecified atom stereocenters. The molecule has 0 aliphatic carbocycles. The van der Waals surface area contributed by atoms with Gasteiger partial charge in [-0.25, -0.2) is 0 Å². The molecule has 1 aliphatic heterocycles. The molecule has 80 valence electrons. The third-order valence-corrected chi connectivity index (χ3v) is 4.98. The predicted molar refractivity (Wildman–Crippen MR) is 69.3 cm³/mol. The Bertz CT molecular complexity index is 345. The molecule has 1 atom stereocenters. The first-order valence-corrected chi connectivity index (χ1v) is 6.46. The van der Waals surface area contributed by atoms with Crippen LogP contribution in [-0.2, 0) is 4.75 Å². The number of thiocarbonyl (C=S) groups is 1. The molecule has 0 saturated carbocycles. The van der Waals surface area contributed by atoms with E-state index in [2.05, 4.69) is 16.4 Å². The van der Waals surface area contributed by atoms with Crippen molar-refractivity contribution in [2.24, 2.45) is 0 Å². The van der Waals surface area contributed by atoms with E-state index in [-0.39, 0.29) is 4.75 Å². The first-order chi connectivity index (χ1) is 7.29. The van der Waals surface area contributed by atoms with Crippen LogP contribution in [0.4, 0.5) is 0 Å². The largest absolute Gasteiger partial charge is 0.381 e. The van der Waals surface area contributed by atoms with Gasteiger partial charge in [-0.05, 0) is 30.7 Å². The number of nitrogens with one attached hydrogen (secondary N) is 1. The average molecular weight is 238 g/mol. The number of aromatic nitrogens is 1. The topological polar surface area (TPSA) is 24.9 Å². The molecule has 1 saturated heterocycles. The molecule has 1 N–H and O–H groups in total. The molecule has 0 amide bonds. The quantitative estimate of drug-likeness (QED) is 0.800. The minimum atomic E-state index is -0.0780. The molecule has 2 heterocycles. The summed E-state index contributed by atoms with van der Waals surface area (Å²) in [7, 11) is 1.89. The van der Waals surface area contributed by atoms with Gasteiger partial charge < -0.3 is 5.32 Å². The molecule has 2 nitrogen and oxygen atoms in total. The SMILES string of the molecule is CNC(=S)[C@]1(c2ccccn2)CCCS1. The molecular weight excluding hydrogens is 224 g/mol. The van der Waals surface area contributed by atoms with Crippen molar-refractivity contribution < 1.29 is 0 Å². The molecule has 2 rings (SSSR count). The summed E-state index contributed by atoms with van der Waals surface area (Å²) in [5, 5.41) is 3.12. The van der Waals surface area contributed by atoms with E-state index < -0.39 is 0 Å². The summed E-state index contributed by atoms with van der Waals surface area (Å²) in [5.74, 6) is 1.17. The van der Waals surface area contributed by atoms with Crippen LogP contribution in [0.25, 0.3) is 0 Å². The van der Waals surface area contributed by atoms with Crippen LogP contribution in [0.1, 0.15) is 18.5 Å². The molecular formula is C11H14N2S2. The van der Waals surface area contributed by atoms with Crippen molar-refractivity contribution in [1.82, 2.24) is 10.3 Å². The first kappa shape index (κ1) is 10.9. The first-order valence-electron chi connectivity index (χ1n) is 5.07. The predicted octanol–water partition coefficient (Wildman–Crippen LogP) is 2.35. The number of nitrogens with zero attached hydrogens (tertiary/aromatic N) is 1. The molecule has 0 spiro atoms. The summed E-state index contributed by atoms with van der Waals surface area (Å²) in [4.78, 5) is 5.36. The monoisotopic (exact) mass is 238 g/mol. The zero-order valence-corrected chi connectivity index (χ0v) is 10.3. The third kappa shape index (κ3) is 1.88. The van der Waals surface area contributed by atoms with Crippen molar-refractivity contribution in [2.75, 3.05) is 12.8 Å². The van der Waals surface area contributed by atoms with Crippen molar-refractivity contribution in [1.29, 1.82) is 0 Å². The summed E-state index contributed by atoms with van der Waals surface area (Å²) >= 11 is 7.35. The Labute approximate surface area is 99.9 Å². The van der Waals surface area contributed by atoms with E-state index in [0.29, 0.717) is 0 Å². The lowest BCUT2D eigenvalue weighted by Crippen LogP contribution is -2.37. The van der Waals surface area contributed by atoms with Gasteiger partial charge in [-0.15, -0.1) is 11.8 Å². The zero-order chi connectivity index (χ0) is 10.7. The molecule has 1 aromatic rings. The van der Waals surface area contributed by atoms with Gasteiger partial charge in [0.1, 0.15) is 4.75 Å². The van der Waals surface area contributed by atoms with E-state index in [9.17, 15) is 0 Å². The number of hydrogen-bond donors (Lipinski definition) is 1. The average Bonchev–Trinajstić information content (AvgIpc) is 2.79. The standard InChI is InChI=1S/C11H14N2S2/c1-12-10(14)11(6-4-8-15-11)9-5-2-3-7-13-9/h2-3,5,7H,4,6,8H2,1H3,(H,12,14)/t11-/m1/s1. The smallest absolute Gasteiger partial charge is 0.108 e. The number of thioether (sulfide) groups is 1. The molecule has 1 aliphatic rings. The third-order valence-electron chi connectivity index (χ3n) is 2.69. The summed E-state index contributed by atoms with van der Waals surface area (Å²) in [5.41, 5.74) is 1.09. The minimum Gasteiger partial charge on any atom is -0.381 e. The Hall–Kier alpha value is -0.610. The van der Waals surface area contributed by atoms with Crippen LogP contribution in [0.3, 0.4) is 0 Å². The number of likely N-dealkylation sites (N-methyl/N-ethyl adjacent to an activating group) is 1. The van der Waals surface area contributed by atoms with E-state index in [4.69, 9.17) is 12.2 Å². The Morgan fingerprint density at radius 2 is 2.47 bits per heavy atom. The molecule has 4 heteroatoms. The highest BCUT2D eigenvalue weighted by molar-refractivity contribution is 8.02. The second-order valence-electron chi connectivity index (χ2n) is 3.57. The summed E-state index contributed by atoms with van der Waals surface area (Å²) in [6.07, 6.45) is 4.14. The molecule has 15 heavy (non-hydrogen) atoms. The zero-order valence-electron chi connectivity index (χ0n) is 8.69. The Morgan fingerprint density at radius 3 is 3.00 bits per heavy atom. The maximum atomic E-state index is 5.44. The Balaban J connectivity index is 2.39. The molecule has 1 fully saturated rings. The van der Waals surface area contributed by atoms with Crippen molar-refractivity contribution in [2.45, 2.75) is 17.6 Å². The lowest BCUT2D eigenvalue weighted by Gasteiger charge is -2.28. The van der Waals surface area contributed by atoms with E-state index in [1.54, 1.807) is 0 Å². The van der Waals surface area contributed by atoms with Crippen molar-refractivity contribution in [3.8, 4) is 0 Å². The van der Waals surface area contributed by atoms with Gasteiger partial charge in [-0.1, -0.05) is 18.3 Å². The fourth-order valence-electron chi connectivity index (χ4n) is 1.94. The lowest BCUT2D eigenvalue weighted by atomic mass is 9.98. The van der Waals surface area contributed by atoms with Crippen LogP contribution in [0.15, 0.2) is 24.4 Å². The van der Waals surface area contributed by atoms with Crippen LogP contribution < -0.4 is 5.32 Å². The lowest BCUT2D eigenvalue weighted by molar-refractivity contribution is 0.711. The number of pyridine rings is 1. The van der Waals surface area contributed by atoms with Gasteiger partial charge in [0.25, 0.3) is 0 Å². The van der Waals surface area contributed by atoms with Crippen LogP contribution in [0.5, 0.6) is 0 Å². The molecule has 1 aromatic heterocycles. The van der Waals surface area contributed by atoms with Gasteiger partial charge in [-0.2, -0.15) is 0 Å². The Morgan fingerprint density at radius 1 is 1.60 bits per heavy atom. The van der Waals surface area contributed by atoms with Crippen LogP contribution in [-0.4, -0.2) is 22.8 Å². The van der Waals surface area contributed by atoms with Gasteiger partial charge in [0.2, 0.25) is 0 Å². The van der Waals surface area contributed by atoms with Gasteiger partial charge in [0.15, 0.2) is 0 Å². The molecule has 0 bridgehead atoms. The van der Waals surface area contributed by atoms with E-state index in [1.807, 2.05) is 37.1 Å². The highest BCUT2D eigenvalue weighted by atomic mass is 32.2. The van der Waals surface area contributed by atoms with Crippen LogP contribution in [0, 0.1) is 0 Å². The maximum absolute atomic E-state index is 5.44. The van der Waals surface area contributed by atoms with Crippen molar-refractivity contribution >= 4 is 29.0 Å². The van der Waals surface area contributed by atoms with E-state index in [0.717, 1.165) is 17.1 Å². The van der Waals surface area contributed by atoms with Crippen molar-refractivity contribution in [3.05, 3.63) is 30.1 Å². The number of rotatable bonds is 2. The summed E-state index contributed by atoms with van der Waals surface area (Å²) in [6, 6.07) is 6.04. The van der Waals surface area contributed by atoms with Gasteiger partial charge in [-0.3, -0.25) is 4.98 Å². The van der Waals surface area contributed by atoms with Crippen molar-refractivity contribution in [3.63, 3.8) is 0 Å². The highest BCUT2D eigenvalue weighted by Crippen LogP contribution is 2.46. The van der Waals surface area contributed by atoms with Gasteiger partial charge in [0.05, 0.1) is 10.7 Å². The highest BCUT2D eigenvalue weighted by Gasteiger charge is 2.41. The van der Waals surface area contributed by atoms with E-state index in [1.165, 1.54) is 12.2 Å². The molecule has 0 aromatic carbocycles. The van der Waals surface area contributed by atoms with E-state index >= 15 is 0 Å². The number of hydrogen-bond acceptors (Lipinski definition) is 3. The summed E-state index contributed by atoms with van der Waals surface area (Å²) < 4.78 is -0.0780. The summed E-state index contributed by atoms with van der Waals surface area (Å²) in [6.45, 7) is 0. The second kappa shape index (κ2) is 4.49. The van der Waals surface area contributed by atoms with Gasteiger partial charge in [0, 0.05) is 13.2 Å². The molecule has 0 radical (unpaired) electrons. The fourth-order valence-corrected chi connectivity index (χ4v) is 3.75. The maximum Gasteiger partial charge on any atom is 0.108 e. The second-order valence-corrected chi connectivity index (χ2v) is 5.38. The normalized spacial score (nSPS) is 25.1. The van der Waals surface area contributed by atoms with Crippen LogP contribution in [0.2, 0.25) is 0 Å². The van der Waals surface area contributed by atoms with Gasteiger partial charge >= 0.3 is 0 Å². The van der Waals surface area contributed by atoms with Crippen LogP contribution >= 0.6 is 24.0 Å². The Kier molecular flexibility index (Phi) is 3.26. The minimum absolute atomic E-state index is 0.0780.